The largest absolute Gasteiger partial charge is 0.462 e. The number of benzene rings is 1. The minimum absolute atomic E-state index is 0.0799. The zero-order valence-corrected chi connectivity index (χ0v) is 22.1. The first-order chi connectivity index (χ1) is 19.6. The molecule has 1 saturated heterocycles. The van der Waals surface area contributed by atoms with Gasteiger partial charge < -0.3 is 43.9 Å². The van der Waals surface area contributed by atoms with Crippen molar-refractivity contribution in [2.75, 3.05) is 6.61 Å². The average Bonchev–Trinajstić information content (AvgIpc) is 3.31. The number of pyridine rings is 2. The molecule has 1 fully saturated rings. The van der Waals surface area contributed by atoms with Crippen LogP contribution in [0, 0.1) is 0 Å². The summed E-state index contributed by atoms with van der Waals surface area (Å²) in [5.41, 5.74) is 0.727. The maximum absolute atomic E-state index is 13.6. The Morgan fingerprint density at radius 2 is 1.93 bits per heavy atom. The van der Waals surface area contributed by atoms with E-state index in [2.05, 4.69) is 0 Å². The quantitative estimate of drug-likeness (QED) is 0.233. The molecule has 5 heterocycles. The van der Waals surface area contributed by atoms with Crippen molar-refractivity contribution in [3.63, 3.8) is 0 Å². The number of carbonyl (C=O) groups is 2. The number of hydrogen-bond donors (Lipinski definition) is 4. The lowest BCUT2D eigenvalue weighted by atomic mass is 9.85. The van der Waals surface area contributed by atoms with Gasteiger partial charge in [-0.1, -0.05) is 6.92 Å². The monoisotopic (exact) mass is 568 g/mol. The fourth-order valence-corrected chi connectivity index (χ4v) is 5.74. The van der Waals surface area contributed by atoms with Crippen LogP contribution in [0.1, 0.15) is 37.0 Å². The van der Waals surface area contributed by atoms with E-state index in [1.54, 1.807) is 31.2 Å². The summed E-state index contributed by atoms with van der Waals surface area (Å²) in [7, 11) is 0. The van der Waals surface area contributed by atoms with Crippen LogP contribution in [0.5, 0.6) is 5.75 Å². The number of cyclic esters (lactones) is 1. The minimum Gasteiger partial charge on any atom is -0.462 e. The Bertz CT molecular complexity index is 1630. The maximum atomic E-state index is 13.6. The van der Waals surface area contributed by atoms with Crippen LogP contribution in [0.4, 0.5) is 0 Å². The molecular weight excluding hydrogens is 540 g/mol. The van der Waals surface area contributed by atoms with Gasteiger partial charge in [-0.25, -0.2) is 9.78 Å². The van der Waals surface area contributed by atoms with Gasteiger partial charge in [-0.3, -0.25) is 9.59 Å². The summed E-state index contributed by atoms with van der Waals surface area (Å²) in [4.78, 5) is 43.1. The van der Waals surface area contributed by atoms with Crippen LogP contribution in [0.3, 0.4) is 0 Å². The van der Waals surface area contributed by atoms with Gasteiger partial charge >= 0.3 is 11.9 Å². The first kappa shape index (κ1) is 27.3. The molecular formula is C28H28N2O11. The standard InChI is InChI=1S/C28H28N2O11/c1-3-28(41-12(2)32)17-8-19-21-14(9-30(19)25(36)16(17)11-38-27(28)37)6-13-7-15(4-5-18(13)29-21)39-26-24(35)23(34)22(33)20(10-31)40-26/h4-8,20,22-24,26,31,33-35H,3,9-11H2,1-2H3/t20-,22-,23+,24-,26-,28+/m1/s1. The van der Waals surface area contributed by atoms with Crippen LogP contribution in [0.25, 0.3) is 22.3 Å². The van der Waals surface area contributed by atoms with Crippen molar-refractivity contribution < 1.29 is 49.0 Å². The second kappa shape index (κ2) is 9.89. The number of carbonyl (C=O) groups excluding carboxylic acids is 2. The molecule has 4 N–H and O–H groups in total. The van der Waals surface area contributed by atoms with Gasteiger partial charge in [0.05, 0.1) is 35.6 Å². The Labute approximate surface area is 232 Å². The Morgan fingerprint density at radius 1 is 1.15 bits per heavy atom. The molecule has 0 amide bonds. The van der Waals surface area contributed by atoms with E-state index in [0.717, 1.165) is 5.56 Å². The van der Waals surface area contributed by atoms with E-state index in [4.69, 9.17) is 23.9 Å². The van der Waals surface area contributed by atoms with Crippen LogP contribution in [-0.4, -0.2) is 79.2 Å². The van der Waals surface area contributed by atoms with E-state index in [1.165, 1.54) is 11.5 Å². The number of ether oxygens (including phenoxy) is 4. The number of nitrogens with zero attached hydrogens (tertiary/aromatic N) is 2. The summed E-state index contributed by atoms with van der Waals surface area (Å²) in [6, 6.07) is 8.41. The molecule has 3 aliphatic rings. The average molecular weight is 569 g/mol. The van der Waals surface area contributed by atoms with Crippen molar-refractivity contribution in [1.29, 1.82) is 0 Å². The molecule has 2 aromatic heterocycles. The van der Waals surface area contributed by atoms with E-state index >= 15 is 0 Å². The third-order valence-electron chi connectivity index (χ3n) is 7.87. The molecule has 3 aliphatic heterocycles. The molecule has 13 nitrogen and oxygen atoms in total. The third kappa shape index (κ3) is 4.19. The SMILES string of the molecule is CC[C@@]1(OC(C)=O)C(=O)OCc2c1cc1n(c2=O)Cc2cc3cc(O[C@@H]4O[C@H](CO)[C@@H](O)[C@H](O)[C@H]4O)ccc3nc2-1. The van der Waals surface area contributed by atoms with Crippen LogP contribution in [0.15, 0.2) is 35.1 Å². The van der Waals surface area contributed by atoms with Crippen LogP contribution >= 0.6 is 0 Å². The molecule has 0 bridgehead atoms. The fourth-order valence-electron chi connectivity index (χ4n) is 5.74. The zero-order valence-electron chi connectivity index (χ0n) is 22.1. The van der Waals surface area contributed by atoms with Gasteiger partial charge in [0.1, 0.15) is 36.8 Å². The molecule has 1 aromatic carbocycles. The number of hydrogen-bond acceptors (Lipinski definition) is 12. The Balaban J connectivity index is 1.37. The molecule has 3 aromatic rings. The lowest BCUT2D eigenvalue weighted by Crippen LogP contribution is -2.60. The Hall–Kier alpha value is -3.88. The first-order valence-electron chi connectivity index (χ1n) is 13.1. The van der Waals surface area contributed by atoms with E-state index in [-0.39, 0.29) is 36.4 Å². The molecule has 0 spiro atoms. The normalized spacial score (nSPS) is 28.4. The minimum atomic E-state index is -1.73. The molecule has 0 saturated carbocycles. The molecule has 216 valence electrons. The van der Waals surface area contributed by atoms with Crippen LogP contribution < -0.4 is 10.3 Å². The first-order valence-corrected chi connectivity index (χ1v) is 13.1. The summed E-state index contributed by atoms with van der Waals surface area (Å²) in [6.07, 6.45) is -7.02. The number of esters is 2. The summed E-state index contributed by atoms with van der Waals surface area (Å²) in [5, 5.41) is 40.4. The Morgan fingerprint density at radius 3 is 2.63 bits per heavy atom. The predicted octanol–water partition coefficient (Wildman–Crippen LogP) is -0.171. The van der Waals surface area contributed by atoms with Gasteiger partial charge in [0, 0.05) is 23.4 Å². The molecule has 6 atom stereocenters. The smallest absolute Gasteiger partial charge is 0.355 e. The second-order valence-corrected chi connectivity index (χ2v) is 10.3. The maximum Gasteiger partial charge on any atom is 0.355 e. The van der Waals surface area contributed by atoms with Crippen molar-refractivity contribution in [3.05, 3.63) is 57.4 Å². The van der Waals surface area contributed by atoms with E-state index in [1.807, 2.05) is 6.07 Å². The van der Waals surface area contributed by atoms with Gasteiger partial charge in [0.15, 0.2) is 0 Å². The van der Waals surface area contributed by atoms with Gasteiger partial charge in [0.2, 0.25) is 11.9 Å². The lowest BCUT2D eigenvalue weighted by molar-refractivity contribution is -0.277. The van der Waals surface area contributed by atoms with E-state index in [0.29, 0.717) is 27.9 Å². The van der Waals surface area contributed by atoms with Crippen molar-refractivity contribution in [3.8, 4) is 17.1 Å². The molecule has 6 rings (SSSR count). The molecule has 13 heteroatoms. The lowest BCUT2D eigenvalue weighted by Gasteiger charge is -2.39. The number of aliphatic hydroxyl groups excluding tert-OH is 4. The van der Waals surface area contributed by atoms with Gasteiger partial charge in [-0.05, 0) is 36.8 Å². The second-order valence-electron chi connectivity index (χ2n) is 10.3. The number of aromatic nitrogens is 2. The Kier molecular flexibility index (Phi) is 6.58. The summed E-state index contributed by atoms with van der Waals surface area (Å²) in [5.74, 6) is -1.14. The van der Waals surface area contributed by atoms with Crippen LogP contribution in [0.2, 0.25) is 0 Å². The number of fused-ring (bicyclic) bond motifs is 5. The summed E-state index contributed by atoms with van der Waals surface area (Å²) in [6.45, 7) is 2.26. The predicted molar refractivity (Wildman–Crippen MR) is 138 cm³/mol. The zero-order chi connectivity index (χ0) is 29.2. The van der Waals surface area contributed by atoms with Crippen molar-refractivity contribution in [1.82, 2.24) is 9.55 Å². The molecule has 0 unspecified atom stereocenters. The highest BCUT2D eigenvalue weighted by atomic mass is 16.7. The number of aliphatic hydroxyl groups is 4. The van der Waals surface area contributed by atoms with Crippen molar-refractivity contribution >= 4 is 22.8 Å². The van der Waals surface area contributed by atoms with Gasteiger partial charge in [-0.2, -0.15) is 0 Å². The van der Waals surface area contributed by atoms with E-state index in [9.17, 15) is 34.8 Å². The highest BCUT2D eigenvalue weighted by Gasteiger charge is 2.50. The number of rotatable bonds is 5. The fraction of sp³-hybridized carbons (Fsp3) is 0.429. The van der Waals surface area contributed by atoms with Crippen molar-refractivity contribution in [2.45, 2.75) is 69.7 Å². The van der Waals surface area contributed by atoms with Gasteiger partial charge in [-0.15, -0.1) is 0 Å². The molecule has 0 radical (unpaired) electrons. The van der Waals surface area contributed by atoms with Crippen LogP contribution in [-0.2, 0) is 42.6 Å². The topological polar surface area (TPSA) is 187 Å². The molecule has 0 aliphatic carbocycles. The van der Waals surface area contributed by atoms with Gasteiger partial charge in [0.25, 0.3) is 5.56 Å². The molecule has 41 heavy (non-hydrogen) atoms. The highest BCUT2D eigenvalue weighted by molar-refractivity contribution is 5.88. The summed E-state index contributed by atoms with van der Waals surface area (Å²) >= 11 is 0. The summed E-state index contributed by atoms with van der Waals surface area (Å²) < 4.78 is 23.5. The highest BCUT2D eigenvalue weighted by Crippen LogP contribution is 2.41. The van der Waals surface area contributed by atoms with E-state index < -0.39 is 54.9 Å². The van der Waals surface area contributed by atoms with Crippen molar-refractivity contribution in [2.24, 2.45) is 0 Å². The third-order valence-corrected chi connectivity index (χ3v) is 7.87.